The molecule has 0 atom stereocenters. The van der Waals surface area contributed by atoms with Crippen LogP contribution in [0.5, 0.6) is 5.75 Å². The van der Waals surface area contributed by atoms with Gasteiger partial charge in [-0.1, -0.05) is 0 Å². The summed E-state index contributed by atoms with van der Waals surface area (Å²) in [5.74, 6) is -0.713. The molecule has 2 aromatic rings. The molecule has 0 radical (unpaired) electrons. The summed E-state index contributed by atoms with van der Waals surface area (Å²) in [5.41, 5.74) is -0.140. The number of benzene rings is 1. The van der Waals surface area contributed by atoms with Crippen molar-refractivity contribution in [3.8, 4) is 5.75 Å². The molecule has 0 saturated carbocycles. The molecule has 1 fully saturated rings. The number of alkyl halides is 3. The SMILES string of the molecule is COc1ccc(NC(=O)CN2CCC(n3nc(C(F)(F)F)n(C)c3=O)CC2)cc1. The topological polar surface area (TPSA) is 81.4 Å². The average molecular weight is 413 g/mol. The molecule has 8 nitrogen and oxygen atoms in total. The number of methoxy groups -OCH3 is 1. The summed E-state index contributed by atoms with van der Waals surface area (Å²) in [5, 5.41) is 6.28. The van der Waals surface area contributed by atoms with Gasteiger partial charge in [-0.15, -0.1) is 5.10 Å². The summed E-state index contributed by atoms with van der Waals surface area (Å²) in [6, 6.07) is 6.51. The number of aromatic nitrogens is 3. The van der Waals surface area contributed by atoms with E-state index < -0.39 is 23.7 Å². The van der Waals surface area contributed by atoms with Gasteiger partial charge in [0.05, 0.1) is 19.7 Å². The number of halogens is 3. The predicted molar refractivity (Wildman–Crippen MR) is 98.8 cm³/mol. The number of likely N-dealkylation sites (tertiary alicyclic amines) is 1. The standard InChI is InChI=1S/C18H22F3N5O3/c1-24-16(18(19,20)21)23-26(17(24)28)13-7-9-25(10-8-13)11-15(27)22-12-3-5-14(29-2)6-4-12/h3-6,13H,7-11H2,1-2H3,(H,22,27). The van der Waals surface area contributed by atoms with Crippen molar-refractivity contribution < 1.29 is 22.7 Å². The van der Waals surface area contributed by atoms with Crippen LogP contribution in [-0.4, -0.2) is 51.9 Å². The molecule has 11 heteroatoms. The molecule has 3 rings (SSSR count). The van der Waals surface area contributed by atoms with E-state index in [1.54, 1.807) is 31.4 Å². The van der Waals surface area contributed by atoms with Gasteiger partial charge >= 0.3 is 11.9 Å². The van der Waals surface area contributed by atoms with Crippen molar-refractivity contribution in [3.63, 3.8) is 0 Å². The number of hydrogen-bond donors (Lipinski definition) is 1. The first kappa shape index (κ1) is 20.9. The molecule has 1 aliphatic rings. The second-order valence-corrected chi connectivity index (χ2v) is 6.89. The third kappa shape index (κ3) is 4.78. The third-order valence-electron chi connectivity index (χ3n) is 4.90. The van der Waals surface area contributed by atoms with Crippen LogP contribution in [0.2, 0.25) is 0 Å². The number of piperidine rings is 1. The lowest BCUT2D eigenvalue weighted by atomic mass is 10.1. The molecule has 1 aromatic heterocycles. The Balaban J connectivity index is 1.55. The van der Waals surface area contributed by atoms with Gasteiger partial charge in [-0.05, 0) is 37.1 Å². The lowest BCUT2D eigenvalue weighted by Crippen LogP contribution is -2.41. The first-order chi connectivity index (χ1) is 13.7. The maximum atomic E-state index is 12.9. The van der Waals surface area contributed by atoms with Crippen molar-refractivity contribution in [2.24, 2.45) is 7.05 Å². The fraction of sp³-hybridized carbons (Fsp3) is 0.500. The van der Waals surface area contributed by atoms with Gasteiger partial charge in [0.2, 0.25) is 11.7 Å². The highest BCUT2D eigenvalue weighted by Gasteiger charge is 2.39. The van der Waals surface area contributed by atoms with E-state index in [0.29, 0.717) is 41.9 Å². The van der Waals surface area contributed by atoms with E-state index in [-0.39, 0.29) is 12.5 Å². The quantitative estimate of drug-likeness (QED) is 0.810. The Morgan fingerprint density at radius 2 is 1.86 bits per heavy atom. The van der Waals surface area contributed by atoms with Crippen LogP contribution in [0.3, 0.4) is 0 Å². The van der Waals surface area contributed by atoms with Crippen LogP contribution in [0, 0.1) is 0 Å². The first-order valence-corrected chi connectivity index (χ1v) is 9.08. The fourth-order valence-electron chi connectivity index (χ4n) is 3.34. The molecule has 1 amide bonds. The van der Waals surface area contributed by atoms with Crippen molar-refractivity contribution in [2.75, 3.05) is 32.1 Å². The van der Waals surface area contributed by atoms with Crippen LogP contribution in [0.1, 0.15) is 24.7 Å². The lowest BCUT2D eigenvalue weighted by Gasteiger charge is -2.30. The minimum atomic E-state index is -4.68. The van der Waals surface area contributed by atoms with Gasteiger partial charge in [0.1, 0.15) is 5.75 Å². The van der Waals surface area contributed by atoms with E-state index in [1.165, 1.54) is 0 Å². The highest BCUT2D eigenvalue weighted by Crippen LogP contribution is 2.28. The van der Waals surface area contributed by atoms with Crippen LogP contribution >= 0.6 is 0 Å². The first-order valence-electron chi connectivity index (χ1n) is 9.08. The highest BCUT2D eigenvalue weighted by atomic mass is 19.4. The van der Waals surface area contributed by atoms with Crippen LogP contribution in [0.4, 0.5) is 18.9 Å². The van der Waals surface area contributed by atoms with Gasteiger partial charge in [-0.3, -0.25) is 14.3 Å². The fourth-order valence-corrected chi connectivity index (χ4v) is 3.34. The second-order valence-electron chi connectivity index (χ2n) is 6.89. The minimum Gasteiger partial charge on any atom is -0.497 e. The Morgan fingerprint density at radius 1 is 1.24 bits per heavy atom. The summed E-state index contributed by atoms with van der Waals surface area (Å²) in [6.07, 6.45) is -3.81. The highest BCUT2D eigenvalue weighted by molar-refractivity contribution is 5.92. The van der Waals surface area contributed by atoms with Gasteiger partial charge in [0.15, 0.2) is 0 Å². The number of nitrogens with zero attached hydrogens (tertiary/aromatic N) is 4. The molecule has 158 valence electrons. The van der Waals surface area contributed by atoms with Gasteiger partial charge in [0.25, 0.3) is 0 Å². The van der Waals surface area contributed by atoms with Crippen molar-refractivity contribution in [1.82, 2.24) is 19.2 Å². The monoisotopic (exact) mass is 413 g/mol. The molecule has 1 saturated heterocycles. The van der Waals surface area contributed by atoms with Crippen molar-refractivity contribution in [3.05, 3.63) is 40.6 Å². The Morgan fingerprint density at radius 3 is 2.38 bits per heavy atom. The van der Waals surface area contributed by atoms with Gasteiger partial charge < -0.3 is 10.1 Å². The number of amides is 1. The summed E-state index contributed by atoms with van der Waals surface area (Å²) >= 11 is 0. The number of hydrogen-bond acceptors (Lipinski definition) is 5. The number of carbonyl (C=O) groups is 1. The van der Waals surface area contributed by atoms with E-state index in [0.717, 1.165) is 11.7 Å². The zero-order valence-electron chi connectivity index (χ0n) is 16.1. The normalized spacial score (nSPS) is 16.0. The molecule has 1 aliphatic heterocycles. The van der Waals surface area contributed by atoms with E-state index in [9.17, 15) is 22.8 Å². The van der Waals surface area contributed by atoms with E-state index >= 15 is 0 Å². The number of ether oxygens (including phenoxy) is 1. The largest absolute Gasteiger partial charge is 0.497 e. The molecule has 2 heterocycles. The zero-order valence-corrected chi connectivity index (χ0v) is 16.1. The number of anilines is 1. The van der Waals surface area contributed by atoms with Crippen LogP contribution < -0.4 is 15.7 Å². The van der Waals surface area contributed by atoms with Crippen molar-refractivity contribution in [2.45, 2.75) is 25.1 Å². The Kier molecular flexibility index (Phi) is 5.96. The zero-order chi connectivity index (χ0) is 21.2. The van der Waals surface area contributed by atoms with Gasteiger partial charge in [-0.25, -0.2) is 9.48 Å². The van der Waals surface area contributed by atoms with Crippen LogP contribution in [-0.2, 0) is 18.0 Å². The van der Waals surface area contributed by atoms with E-state index in [2.05, 4.69) is 10.4 Å². The predicted octanol–water partition coefficient (Wildman–Crippen LogP) is 1.88. The van der Waals surface area contributed by atoms with E-state index in [4.69, 9.17) is 4.74 Å². The maximum Gasteiger partial charge on any atom is 0.451 e. The van der Waals surface area contributed by atoms with Crippen LogP contribution in [0.15, 0.2) is 29.1 Å². The molecule has 0 aliphatic carbocycles. The molecule has 29 heavy (non-hydrogen) atoms. The second kappa shape index (κ2) is 8.27. The molecule has 0 bridgehead atoms. The number of nitrogens with one attached hydrogen (secondary N) is 1. The summed E-state index contributed by atoms with van der Waals surface area (Å²) < 4.78 is 45.3. The average Bonchev–Trinajstić information content (AvgIpc) is 2.98. The lowest BCUT2D eigenvalue weighted by molar-refractivity contribution is -0.147. The molecule has 1 N–H and O–H groups in total. The summed E-state index contributed by atoms with van der Waals surface area (Å²) in [4.78, 5) is 26.2. The van der Waals surface area contributed by atoms with Crippen molar-refractivity contribution >= 4 is 11.6 Å². The number of carbonyl (C=O) groups excluding carboxylic acids is 1. The summed E-state index contributed by atoms with van der Waals surface area (Å²) in [7, 11) is 2.62. The number of rotatable bonds is 5. The van der Waals surface area contributed by atoms with Gasteiger partial charge in [0, 0.05) is 25.8 Å². The third-order valence-corrected chi connectivity index (χ3v) is 4.90. The maximum absolute atomic E-state index is 12.9. The van der Waals surface area contributed by atoms with Gasteiger partial charge in [-0.2, -0.15) is 13.2 Å². The summed E-state index contributed by atoms with van der Waals surface area (Å²) in [6.45, 7) is 1.11. The van der Waals surface area contributed by atoms with Crippen molar-refractivity contribution in [1.29, 1.82) is 0 Å². The minimum absolute atomic E-state index is 0.156. The van der Waals surface area contributed by atoms with Crippen LogP contribution in [0.25, 0.3) is 0 Å². The molecular weight excluding hydrogens is 391 g/mol. The Labute approximate surface area is 164 Å². The Bertz CT molecular complexity index is 912. The smallest absolute Gasteiger partial charge is 0.451 e. The Hall–Kier alpha value is -2.82. The molecule has 0 spiro atoms. The molecule has 1 aromatic carbocycles. The molecule has 0 unspecified atom stereocenters. The molecular formula is C18H22F3N5O3. The van der Waals surface area contributed by atoms with E-state index in [1.807, 2.05) is 4.90 Å².